The number of hydrogen-bond donors (Lipinski definition) is 1. The topological polar surface area (TPSA) is 105 Å². The van der Waals surface area contributed by atoms with Gasteiger partial charge in [-0.05, 0) is 30.3 Å². The summed E-state index contributed by atoms with van der Waals surface area (Å²) >= 11 is 0. The van der Waals surface area contributed by atoms with Crippen molar-refractivity contribution in [2.45, 2.75) is 12.2 Å². The van der Waals surface area contributed by atoms with Gasteiger partial charge < -0.3 is 19.9 Å². The quantitative estimate of drug-likeness (QED) is 0.610. The number of nitrogens with one attached hydrogen (secondary N) is 1. The molecular weight excluding hydrogens is 467 g/mol. The van der Waals surface area contributed by atoms with Gasteiger partial charge in [-0.15, -0.1) is 0 Å². The molecule has 2 aliphatic heterocycles. The van der Waals surface area contributed by atoms with Crippen LogP contribution in [-0.4, -0.2) is 69.7 Å². The monoisotopic (exact) mass is 485 g/mol. The van der Waals surface area contributed by atoms with Crippen LogP contribution in [0.25, 0.3) is 10.9 Å². The molecule has 9 nitrogen and oxygen atoms in total. The molecule has 5 rings (SSSR count). The molecule has 4 heterocycles. The van der Waals surface area contributed by atoms with E-state index in [4.69, 9.17) is 4.74 Å². The number of amides is 3. The van der Waals surface area contributed by atoms with Crippen molar-refractivity contribution in [3.63, 3.8) is 0 Å². The van der Waals surface area contributed by atoms with Crippen LogP contribution in [0.4, 0.5) is 13.2 Å². The lowest BCUT2D eigenvalue weighted by Crippen LogP contribution is -2.66. The van der Waals surface area contributed by atoms with Crippen molar-refractivity contribution >= 4 is 28.6 Å². The molecule has 0 bridgehead atoms. The molecule has 1 unspecified atom stereocenters. The lowest BCUT2D eigenvalue weighted by molar-refractivity contribution is -0.148. The summed E-state index contributed by atoms with van der Waals surface area (Å²) in [6, 6.07) is 9.35. The summed E-state index contributed by atoms with van der Waals surface area (Å²) in [5, 5.41) is 3.18. The zero-order valence-electron chi connectivity index (χ0n) is 18.1. The van der Waals surface area contributed by atoms with Crippen LogP contribution in [0.1, 0.15) is 16.1 Å². The van der Waals surface area contributed by atoms with Crippen molar-refractivity contribution in [2.75, 3.05) is 26.2 Å². The Bertz CT molecular complexity index is 1330. The maximum Gasteiger partial charge on any atom is 0.417 e. The van der Waals surface area contributed by atoms with Gasteiger partial charge in [-0.25, -0.2) is 9.97 Å². The van der Waals surface area contributed by atoms with Gasteiger partial charge in [0.25, 0.3) is 5.91 Å². The first kappa shape index (κ1) is 22.6. The summed E-state index contributed by atoms with van der Waals surface area (Å²) in [7, 11) is 0. The number of halogens is 3. The van der Waals surface area contributed by atoms with Gasteiger partial charge in [-0.1, -0.05) is 6.07 Å². The van der Waals surface area contributed by atoms with Crippen molar-refractivity contribution in [3.05, 3.63) is 59.9 Å². The van der Waals surface area contributed by atoms with E-state index < -0.39 is 17.8 Å². The molecule has 180 valence electrons. The third-order valence-corrected chi connectivity index (χ3v) is 5.87. The number of alkyl halides is 3. The Balaban J connectivity index is 1.30. The van der Waals surface area contributed by atoms with Crippen LogP contribution in [0.15, 0.2) is 48.7 Å². The minimum absolute atomic E-state index is 0.00137. The smallest absolute Gasteiger partial charge is 0.417 e. The summed E-state index contributed by atoms with van der Waals surface area (Å²) in [5.74, 6) is -0.471. The van der Waals surface area contributed by atoms with Crippen molar-refractivity contribution in [3.8, 4) is 11.6 Å². The number of pyridine rings is 2. The maximum absolute atomic E-state index is 13.0. The fourth-order valence-electron chi connectivity index (χ4n) is 4.05. The van der Waals surface area contributed by atoms with E-state index in [1.807, 2.05) is 0 Å². The highest BCUT2D eigenvalue weighted by Gasteiger charge is 2.40. The molecule has 1 N–H and O–H groups in total. The van der Waals surface area contributed by atoms with Gasteiger partial charge in [0.15, 0.2) is 0 Å². The third-order valence-electron chi connectivity index (χ3n) is 5.87. The molecule has 1 aromatic carbocycles. The second-order valence-corrected chi connectivity index (χ2v) is 8.11. The number of hydrogen-bond acceptors (Lipinski definition) is 6. The van der Waals surface area contributed by atoms with E-state index in [1.54, 1.807) is 30.3 Å². The number of nitrogens with zero attached hydrogens (tertiary/aromatic N) is 4. The zero-order chi connectivity index (χ0) is 24.7. The number of rotatable bonds is 3. The number of benzene rings is 1. The Kier molecular flexibility index (Phi) is 5.50. The van der Waals surface area contributed by atoms with E-state index in [-0.39, 0.29) is 48.9 Å². The predicted octanol–water partition coefficient (Wildman–Crippen LogP) is 2.22. The van der Waals surface area contributed by atoms with Gasteiger partial charge in [0.05, 0.1) is 24.2 Å². The Labute approximate surface area is 196 Å². The van der Waals surface area contributed by atoms with Crippen molar-refractivity contribution in [2.24, 2.45) is 0 Å². The normalized spacial score (nSPS) is 18.3. The molecule has 2 aliphatic rings. The summed E-state index contributed by atoms with van der Waals surface area (Å²) in [5.41, 5.74) is -0.179. The lowest BCUT2D eigenvalue weighted by Gasteiger charge is -2.42. The van der Waals surface area contributed by atoms with Gasteiger partial charge in [-0.3, -0.25) is 14.4 Å². The van der Waals surface area contributed by atoms with Crippen LogP contribution in [-0.2, 0) is 15.8 Å². The standard InChI is InChI=1S/C23H18F3N5O4/c24-23(25,26)14-2-6-19(27-10-14)35-15-3-5-16-13(9-15)1-4-17(29-16)22(34)30-7-8-31-18(12-30)21(33)28-11-20(31)32/h1-6,9-10,18H,7-8,11-12H2,(H,28,33). The van der Waals surface area contributed by atoms with E-state index in [2.05, 4.69) is 15.3 Å². The van der Waals surface area contributed by atoms with E-state index in [9.17, 15) is 27.6 Å². The Morgan fingerprint density at radius 3 is 2.66 bits per heavy atom. The van der Waals surface area contributed by atoms with Crippen LogP contribution in [0, 0.1) is 0 Å². The van der Waals surface area contributed by atoms with Crippen molar-refractivity contribution in [1.29, 1.82) is 0 Å². The van der Waals surface area contributed by atoms with Gasteiger partial charge in [0, 0.05) is 30.7 Å². The van der Waals surface area contributed by atoms with E-state index in [0.717, 1.165) is 12.1 Å². The van der Waals surface area contributed by atoms with Gasteiger partial charge in [0.2, 0.25) is 17.7 Å². The number of fused-ring (bicyclic) bond motifs is 2. The Morgan fingerprint density at radius 2 is 1.91 bits per heavy atom. The van der Waals surface area contributed by atoms with E-state index in [1.165, 1.54) is 9.80 Å². The predicted molar refractivity (Wildman–Crippen MR) is 115 cm³/mol. The third kappa shape index (κ3) is 4.46. The first-order valence-electron chi connectivity index (χ1n) is 10.7. The summed E-state index contributed by atoms with van der Waals surface area (Å²) in [6.45, 7) is 0.620. The number of carbonyl (C=O) groups is 3. The lowest BCUT2D eigenvalue weighted by atomic mass is 10.1. The summed E-state index contributed by atoms with van der Waals surface area (Å²) < 4.78 is 43.6. The molecule has 12 heteroatoms. The first-order chi connectivity index (χ1) is 16.7. The van der Waals surface area contributed by atoms with E-state index in [0.29, 0.717) is 29.4 Å². The summed E-state index contributed by atoms with van der Waals surface area (Å²) in [4.78, 5) is 48.3. The molecule has 35 heavy (non-hydrogen) atoms. The average Bonchev–Trinajstić information content (AvgIpc) is 2.85. The van der Waals surface area contributed by atoms with Crippen LogP contribution in [0.3, 0.4) is 0 Å². The van der Waals surface area contributed by atoms with Gasteiger partial charge in [-0.2, -0.15) is 13.2 Å². The van der Waals surface area contributed by atoms with Crippen molar-refractivity contribution in [1.82, 2.24) is 25.1 Å². The first-order valence-corrected chi connectivity index (χ1v) is 10.7. The zero-order valence-corrected chi connectivity index (χ0v) is 18.1. The molecule has 0 aliphatic carbocycles. The molecule has 0 saturated carbocycles. The number of aromatic nitrogens is 2. The SMILES string of the molecule is O=C1NCC(=O)N2CCN(C(=O)c3ccc4cc(Oc5ccc(C(F)(F)F)cn5)ccc4n3)CC12. The molecule has 2 fully saturated rings. The highest BCUT2D eigenvalue weighted by atomic mass is 19.4. The second kappa shape index (κ2) is 8.53. The highest BCUT2D eigenvalue weighted by Crippen LogP contribution is 2.30. The highest BCUT2D eigenvalue weighted by molar-refractivity contribution is 5.98. The minimum atomic E-state index is -4.48. The molecule has 1 atom stereocenters. The number of carbonyl (C=O) groups excluding carboxylic acids is 3. The number of piperazine rings is 2. The molecule has 2 aromatic heterocycles. The molecule has 3 aromatic rings. The largest absolute Gasteiger partial charge is 0.439 e. The minimum Gasteiger partial charge on any atom is -0.439 e. The van der Waals surface area contributed by atoms with Crippen LogP contribution in [0.5, 0.6) is 11.6 Å². The van der Waals surface area contributed by atoms with E-state index >= 15 is 0 Å². The van der Waals surface area contributed by atoms with Gasteiger partial charge >= 0.3 is 6.18 Å². The van der Waals surface area contributed by atoms with Gasteiger partial charge in [0.1, 0.15) is 17.5 Å². The molecule has 0 radical (unpaired) electrons. The second-order valence-electron chi connectivity index (χ2n) is 8.11. The fourth-order valence-corrected chi connectivity index (χ4v) is 4.05. The summed E-state index contributed by atoms with van der Waals surface area (Å²) in [6.07, 6.45) is -3.79. The number of ether oxygens (including phenoxy) is 1. The molecular formula is C23H18F3N5O4. The Hall–Kier alpha value is -4.22. The molecule has 2 saturated heterocycles. The van der Waals surface area contributed by atoms with Crippen molar-refractivity contribution < 1.29 is 32.3 Å². The molecule has 3 amide bonds. The van der Waals surface area contributed by atoms with Crippen LogP contribution >= 0.6 is 0 Å². The maximum atomic E-state index is 13.0. The fraction of sp³-hybridized carbons (Fsp3) is 0.261. The molecule has 0 spiro atoms. The van der Waals surface area contributed by atoms with Crippen LogP contribution in [0.2, 0.25) is 0 Å². The van der Waals surface area contributed by atoms with Crippen LogP contribution < -0.4 is 10.1 Å². The Morgan fingerprint density at radius 1 is 1.09 bits per heavy atom. The average molecular weight is 485 g/mol.